The van der Waals surface area contributed by atoms with Gasteiger partial charge in [-0.3, -0.25) is 14.5 Å². The number of rotatable bonds is 5. The Balaban J connectivity index is 1.76. The molecule has 0 aromatic heterocycles. The molecule has 2 N–H and O–H groups in total. The molecule has 3 rings (SSSR count). The molecular weight excluding hydrogens is 408 g/mol. The first-order valence-corrected chi connectivity index (χ1v) is 10.8. The number of imide groups is 1. The molecule has 152 valence electrons. The second-order valence-electron chi connectivity index (χ2n) is 6.65. The van der Waals surface area contributed by atoms with Gasteiger partial charge in [0.05, 0.1) is 11.6 Å². The summed E-state index contributed by atoms with van der Waals surface area (Å²) >= 11 is 6.13. The van der Waals surface area contributed by atoms with Gasteiger partial charge in [-0.2, -0.15) is 4.31 Å². The number of halogens is 1. The first-order chi connectivity index (χ1) is 13.3. The standard InChI is InChI=1S/C17H21ClN4O5S/c18-13-6-5-12(20-15(23)11-22-16(24)10-19-17(22)25)9-14(13)28(26,27)21-7-3-1-2-4-8-21/h5-6,9H,1-4,7-8,10-11H2,(H,19,25)(H,20,23). The molecule has 0 spiro atoms. The van der Waals surface area contributed by atoms with Crippen molar-refractivity contribution in [2.75, 3.05) is 31.5 Å². The molecule has 0 aliphatic carbocycles. The van der Waals surface area contributed by atoms with Crippen LogP contribution in [0.25, 0.3) is 0 Å². The fourth-order valence-electron chi connectivity index (χ4n) is 3.16. The predicted molar refractivity (Wildman–Crippen MR) is 102 cm³/mol. The molecule has 2 aliphatic heterocycles. The molecule has 28 heavy (non-hydrogen) atoms. The molecule has 11 heteroatoms. The highest BCUT2D eigenvalue weighted by molar-refractivity contribution is 7.89. The van der Waals surface area contributed by atoms with Crippen molar-refractivity contribution in [3.05, 3.63) is 23.2 Å². The summed E-state index contributed by atoms with van der Waals surface area (Å²) in [6, 6.07) is 3.52. The van der Waals surface area contributed by atoms with E-state index in [0.717, 1.165) is 30.6 Å². The summed E-state index contributed by atoms with van der Waals surface area (Å²) < 4.78 is 27.4. The number of benzene rings is 1. The van der Waals surface area contributed by atoms with Crippen molar-refractivity contribution in [2.45, 2.75) is 30.6 Å². The zero-order valence-electron chi connectivity index (χ0n) is 15.1. The van der Waals surface area contributed by atoms with E-state index in [1.807, 2.05) is 0 Å². The largest absolute Gasteiger partial charge is 0.329 e. The molecule has 2 saturated heterocycles. The molecule has 0 radical (unpaired) electrons. The summed E-state index contributed by atoms with van der Waals surface area (Å²) in [5, 5.41) is 4.90. The Morgan fingerprint density at radius 1 is 1.14 bits per heavy atom. The van der Waals surface area contributed by atoms with Gasteiger partial charge in [0.1, 0.15) is 11.4 Å². The molecule has 2 heterocycles. The summed E-state index contributed by atoms with van der Waals surface area (Å²) in [4.78, 5) is 36.0. The number of nitrogens with one attached hydrogen (secondary N) is 2. The van der Waals surface area contributed by atoms with E-state index in [1.54, 1.807) is 0 Å². The summed E-state index contributed by atoms with van der Waals surface area (Å²) in [5.74, 6) is -1.12. The SMILES string of the molecule is O=C(CN1C(=O)CNC1=O)Nc1ccc(Cl)c(S(=O)(=O)N2CCCCCC2)c1. The van der Waals surface area contributed by atoms with E-state index in [4.69, 9.17) is 11.6 Å². The monoisotopic (exact) mass is 428 g/mol. The number of anilines is 1. The smallest absolute Gasteiger partial charge is 0.325 e. The number of sulfonamides is 1. The second-order valence-corrected chi connectivity index (χ2v) is 8.96. The average molecular weight is 429 g/mol. The van der Waals surface area contributed by atoms with Gasteiger partial charge in [0, 0.05) is 18.8 Å². The molecule has 0 bridgehead atoms. The van der Waals surface area contributed by atoms with Gasteiger partial charge >= 0.3 is 6.03 Å². The van der Waals surface area contributed by atoms with E-state index in [2.05, 4.69) is 10.6 Å². The van der Waals surface area contributed by atoms with E-state index in [-0.39, 0.29) is 22.2 Å². The molecule has 9 nitrogen and oxygen atoms in total. The third-order valence-corrected chi connectivity index (χ3v) is 7.02. The summed E-state index contributed by atoms with van der Waals surface area (Å²) in [5.41, 5.74) is 0.217. The Morgan fingerprint density at radius 2 is 1.82 bits per heavy atom. The van der Waals surface area contributed by atoms with Gasteiger partial charge in [0.25, 0.3) is 5.91 Å². The predicted octanol–water partition coefficient (Wildman–Crippen LogP) is 1.39. The molecular formula is C17H21ClN4O5S. The minimum atomic E-state index is -3.79. The number of nitrogens with zero attached hydrogens (tertiary/aromatic N) is 2. The number of hydrogen-bond donors (Lipinski definition) is 2. The molecule has 1 aromatic carbocycles. The first kappa shape index (κ1) is 20.6. The highest BCUT2D eigenvalue weighted by Crippen LogP contribution is 2.29. The Labute approximate surface area is 168 Å². The minimum absolute atomic E-state index is 0.0661. The van der Waals surface area contributed by atoms with Crippen molar-refractivity contribution in [1.29, 1.82) is 0 Å². The second kappa shape index (κ2) is 8.46. The van der Waals surface area contributed by atoms with Crippen LogP contribution in [0.2, 0.25) is 5.02 Å². The highest BCUT2D eigenvalue weighted by Gasteiger charge is 2.31. The van der Waals surface area contributed by atoms with Crippen LogP contribution in [0.4, 0.5) is 10.5 Å². The van der Waals surface area contributed by atoms with Gasteiger partial charge in [-0.05, 0) is 31.0 Å². The fourth-order valence-corrected chi connectivity index (χ4v) is 5.18. The third-order valence-electron chi connectivity index (χ3n) is 4.64. The number of urea groups is 1. The topological polar surface area (TPSA) is 116 Å². The lowest BCUT2D eigenvalue weighted by atomic mass is 10.2. The molecule has 2 aliphatic rings. The number of amides is 4. The van der Waals surface area contributed by atoms with Crippen LogP contribution in [0.5, 0.6) is 0 Å². The normalized spacial score (nSPS) is 18.7. The van der Waals surface area contributed by atoms with Gasteiger partial charge in [-0.15, -0.1) is 0 Å². The van der Waals surface area contributed by atoms with Crippen molar-refractivity contribution < 1.29 is 22.8 Å². The molecule has 2 fully saturated rings. The van der Waals surface area contributed by atoms with Crippen LogP contribution in [0.3, 0.4) is 0 Å². The van der Waals surface area contributed by atoms with E-state index >= 15 is 0 Å². The van der Waals surface area contributed by atoms with Crippen molar-refractivity contribution in [2.24, 2.45) is 0 Å². The van der Waals surface area contributed by atoms with Gasteiger partial charge in [-0.1, -0.05) is 24.4 Å². The Bertz CT molecular complexity index is 881. The molecule has 1 aromatic rings. The van der Waals surface area contributed by atoms with E-state index in [1.165, 1.54) is 22.5 Å². The Hall–Kier alpha value is -2.17. The van der Waals surface area contributed by atoms with E-state index < -0.39 is 34.4 Å². The van der Waals surface area contributed by atoms with Crippen LogP contribution in [0.1, 0.15) is 25.7 Å². The Morgan fingerprint density at radius 3 is 2.43 bits per heavy atom. The van der Waals surface area contributed by atoms with Crippen LogP contribution in [0, 0.1) is 0 Å². The highest BCUT2D eigenvalue weighted by atomic mass is 35.5. The summed E-state index contributed by atoms with van der Waals surface area (Å²) in [7, 11) is -3.79. The lowest BCUT2D eigenvalue weighted by Gasteiger charge is -2.21. The zero-order chi connectivity index (χ0) is 20.3. The van der Waals surface area contributed by atoms with Crippen molar-refractivity contribution in [3.8, 4) is 0 Å². The number of hydrogen-bond acceptors (Lipinski definition) is 5. The maximum atomic E-state index is 13.0. The van der Waals surface area contributed by atoms with Crippen LogP contribution in [0.15, 0.2) is 23.1 Å². The average Bonchev–Trinajstić information content (AvgIpc) is 2.86. The number of carbonyl (C=O) groups is 3. The van der Waals surface area contributed by atoms with Gasteiger partial charge in [-0.25, -0.2) is 13.2 Å². The first-order valence-electron chi connectivity index (χ1n) is 8.97. The molecule has 0 saturated carbocycles. The van der Waals surface area contributed by atoms with E-state index in [9.17, 15) is 22.8 Å². The van der Waals surface area contributed by atoms with Crippen LogP contribution < -0.4 is 10.6 Å². The van der Waals surface area contributed by atoms with Crippen LogP contribution >= 0.6 is 11.6 Å². The maximum Gasteiger partial charge on any atom is 0.325 e. The number of carbonyl (C=O) groups excluding carboxylic acids is 3. The lowest BCUT2D eigenvalue weighted by Crippen LogP contribution is -2.38. The Kier molecular flexibility index (Phi) is 6.21. The molecule has 0 atom stereocenters. The summed E-state index contributed by atoms with van der Waals surface area (Å²) in [6.45, 7) is 0.260. The molecule has 0 unspecified atom stereocenters. The maximum absolute atomic E-state index is 13.0. The summed E-state index contributed by atoms with van der Waals surface area (Å²) in [6.07, 6.45) is 3.55. The minimum Gasteiger partial charge on any atom is -0.329 e. The third kappa shape index (κ3) is 4.45. The molecule has 4 amide bonds. The van der Waals surface area contributed by atoms with E-state index in [0.29, 0.717) is 13.1 Å². The van der Waals surface area contributed by atoms with Crippen LogP contribution in [-0.4, -0.2) is 61.6 Å². The van der Waals surface area contributed by atoms with Crippen LogP contribution in [-0.2, 0) is 19.6 Å². The van der Waals surface area contributed by atoms with Gasteiger partial charge in [0.2, 0.25) is 15.9 Å². The quantitative estimate of drug-likeness (QED) is 0.687. The fraction of sp³-hybridized carbons (Fsp3) is 0.471. The van der Waals surface area contributed by atoms with Crippen molar-refractivity contribution in [3.63, 3.8) is 0 Å². The van der Waals surface area contributed by atoms with Crippen molar-refractivity contribution >= 4 is 45.2 Å². The van der Waals surface area contributed by atoms with Gasteiger partial charge in [0.15, 0.2) is 0 Å². The lowest BCUT2D eigenvalue weighted by molar-refractivity contribution is -0.128. The van der Waals surface area contributed by atoms with Crippen molar-refractivity contribution in [1.82, 2.24) is 14.5 Å². The van der Waals surface area contributed by atoms with Gasteiger partial charge < -0.3 is 10.6 Å². The zero-order valence-corrected chi connectivity index (χ0v) is 16.7.